The molecule has 2 heteroatoms. The summed E-state index contributed by atoms with van der Waals surface area (Å²) in [6.07, 6.45) is 3.78. The van der Waals surface area contributed by atoms with Crippen LogP contribution in [0.3, 0.4) is 0 Å². The van der Waals surface area contributed by atoms with Gasteiger partial charge in [-0.05, 0) is 31.9 Å². The Kier molecular flexibility index (Phi) is 2.58. The third kappa shape index (κ3) is 2.09. The van der Waals surface area contributed by atoms with E-state index in [9.17, 15) is 0 Å². The van der Waals surface area contributed by atoms with E-state index in [1.807, 2.05) is 12.5 Å². The molecule has 15 heavy (non-hydrogen) atoms. The summed E-state index contributed by atoms with van der Waals surface area (Å²) in [7, 11) is 0. The predicted octanol–water partition coefficient (Wildman–Crippen LogP) is 2.86. The number of aryl methyl sites for hydroxylation is 3. The molecule has 0 radical (unpaired) electrons. The second-order valence-corrected chi connectivity index (χ2v) is 4.09. The lowest BCUT2D eigenvalue weighted by Gasteiger charge is -2.09. The van der Waals surface area contributed by atoms with Crippen LogP contribution in [-0.2, 0) is 6.54 Å². The first kappa shape index (κ1) is 9.97. The zero-order valence-electron chi connectivity index (χ0n) is 9.49. The number of nitrogens with zero attached hydrogens (tertiary/aromatic N) is 2. The van der Waals surface area contributed by atoms with Gasteiger partial charge in [-0.25, -0.2) is 4.98 Å². The summed E-state index contributed by atoms with van der Waals surface area (Å²) in [6.45, 7) is 7.28. The van der Waals surface area contributed by atoms with E-state index in [4.69, 9.17) is 0 Å². The summed E-state index contributed by atoms with van der Waals surface area (Å²) in [5.41, 5.74) is 5.23. The van der Waals surface area contributed by atoms with Crippen molar-refractivity contribution >= 4 is 0 Å². The van der Waals surface area contributed by atoms with E-state index in [1.165, 1.54) is 22.4 Å². The third-order valence-electron chi connectivity index (χ3n) is 2.76. The van der Waals surface area contributed by atoms with Crippen LogP contribution in [-0.4, -0.2) is 9.55 Å². The maximum absolute atomic E-state index is 4.13. The summed E-state index contributed by atoms with van der Waals surface area (Å²) in [6, 6.07) is 6.58. The minimum Gasteiger partial charge on any atom is -0.330 e. The summed E-state index contributed by atoms with van der Waals surface area (Å²) in [4.78, 5) is 4.13. The lowest BCUT2D eigenvalue weighted by Crippen LogP contribution is -2.01. The monoisotopic (exact) mass is 200 g/mol. The van der Waals surface area contributed by atoms with E-state index < -0.39 is 0 Å². The number of benzene rings is 1. The Morgan fingerprint density at radius 1 is 1.20 bits per heavy atom. The number of hydrogen-bond acceptors (Lipinski definition) is 1. The fraction of sp³-hybridized carbons (Fsp3) is 0.308. The number of rotatable bonds is 2. The molecule has 2 rings (SSSR count). The molecule has 0 fully saturated rings. The first-order valence-corrected chi connectivity index (χ1v) is 5.19. The summed E-state index contributed by atoms with van der Waals surface area (Å²) >= 11 is 0. The van der Waals surface area contributed by atoms with Crippen LogP contribution >= 0.6 is 0 Å². The van der Waals surface area contributed by atoms with E-state index >= 15 is 0 Å². The lowest BCUT2D eigenvalue weighted by atomic mass is 10.1. The third-order valence-corrected chi connectivity index (χ3v) is 2.76. The van der Waals surface area contributed by atoms with Gasteiger partial charge < -0.3 is 4.57 Å². The van der Waals surface area contributed by atoms with E-state index in [0.717, 1.165) is 6.54 Å². The van der Waals surface area contributed by atoms with Gasteiger partial charge in [-0.3, -0.25) is 0 Å². The van der Waals surface area contributed by atoms with Gasteiger partial charge >= 0.3 is 0 Å². The molecule has 0 spiro atoms. The Bertz CT molecular complexity index is 469. The maximum Gasteiger partial charge on any atom is 0.0951 e. The SMILES string of the molecule is Cc1ccc(Cn2cncc2C)c(C)c1. The molecule has 0 aliphatic heterocycles. The zero-order chi connectivity index (χ0) is 10.8. The molecule has 0 saturated carbocycles. The van der Waals surface area contributed by atoms with Crippen molar-refractivity contribution in [3.63, 3.8) is 0 Å². The van der Waals surface area contributed by atoms with Gasteiger partial charge in [-0.1, -0.05) is 23.8 Å². The van der Waals surface area contributed by atoms with E-state index in [2.05, 4.69) is 48.5 Å². The average Bonchev–Trinajstić information content (AvgIpc) is 2.57. The maximum atomic E-state index is 4.13. The number of hydrogen-bond donors (Lipinski definition) is 0. The van der Waals surface area contributed by atoms with Crippen molar-refractivity contribution in [2.45, 2.75) is 27.3 Å². The van der Waals surface area contributed by atoms with E-state index in [1.54, 1.807) is 0 Å². The van der Waals surface area contributed by atoms with Gasteiger partial charge in [-0.2, -0.15) is 0 Å². The second-order valence-electron chi connectivity index (χ2n) is 4.09. The van der Waals surface area contributed by atoms with Crippen molar-refractivity contribution in [2.75, 3.05) is 0 Å². The number of imidazole rings is 1. The molecule has 0 amide bonds. The Hall–Kier alpha value is -1.57. The molecule has 2 aromatic rings. The Morgan fingerprint density at radius 3 is 2.60 bits per heavy atom. The standard InChI is InChI=1S/C13H16N2/c1-10-4-5-13(11(2)6-10)8-15-9-14-7-12(15)3/h4-7,9H,8H2,1-3H3. The largest absolute Gasteiger partial charge is 0.330 e. The number of aromatic nitrogens is 2. The molecule has 0 saturated heterocycles. The molecule has 2 nitrogen and oxygen atoms in total. The Balaban J connectivity index is 2.29. The molecule has 78 valence electrons. The lowest BCUT2D eigenvalue weighted by molar-refractivity contribution is 0.765. The smallest absolute Gasteiger partial charge is 0.0951 e. The topological polar surface area (TPSA) is 17.8 Å². The quantitative estimate of drug-likeness (QED) is 0.729. The molecule has 1 heterocycles. The van der Waals surface area contributed by atoms with Crippen LogP contribution in [0.2, 0.25) is 0 Å². The van der Waals surface area contributed by atoms with E-state index in [-0.39, 0.29) is 0 Å². The van der Waals surface area contributed by atoms with Crippen molar-refractivity contribution in [3.05, 3.63) is 53.1 Å². The van der Waals surface area contributed by atoms with Crippen LogP contribution in [0.25, 0.3) is 0 Å². The highest BCUT2D eigenvalue weighted by molar-refractivity contribution is 5.30. The van der Waals surface area contributed by atoms with Gasteiger partial charge in [0.25, 0.3) is 0 Å². The molecule has 0 aliphatic rings. The van der Waals surface area contributed by atoms with Gasteiger partial charge in [0.1, 0.15) is 0 Å². The van der Waals surface area contributed by atoms with Crippen LogP contribution in [0.5, 0.6) is 0 Å². The average molecular weight is 200 g/mol. The first-order chi connectivity index (χ1) is 7.16. The summed E-state index contributed by atoms with van der Waals surface area (Å²) in [5, 5.41) is 0. The highest BCUT2D eigenvalue weighted by Gasteiger charge is 2.01. The fourth-order valence-corrected chi connectivity index (χ4v) is 1.76. The van der Waals surface area contributed by atoms with Crippen LogP contribution in [0.4, 0.5) is 0 Å². The minimum absolute atomic E-state index is 0.915. The fourth-order valence-electron chi connectivity index (χ4n) is 1.76. The second kappa shape index (κ2) is 3.89. The van der Waals surface area contributed by atoms with Crippen LogP contribution in [0.15, 0.2) is 30.7 Å². The van der Waals surface area contributed by atoms with E-state index in [0.29, 0.717) is 0 Å². The molecule has 0 unspecified atom stereocenters. The van der Waals surface area contributed by atoms with Crippen molar-refractivity contribution in [1.82, 2.24) is 9.55 Å². The molecular formula is C13H16N2. The normalized spacial score (nSPS) is 10.6. The highest BCUT2D eigenvalue weighted by atomic mass is 15.0. The highest BCUT2D eigenvalue weighted by Crippen LogP contribution is 2.12. The van der Waals surface area contributed by atoms with Crippen molar-refractivity contribution in [2.24, 2.45) is 0 Å². The Morgan fingerprint density at radius 2 is 2.00 bits per heavy atom. The van der Waals surface area contributed by atoms with Gasteiger partial charge in [0.2, 0.25) is 0 Å². The van der Waals surface area contributed by atoms with Gasteiger partial charge in [0.05, 0.1) is 6.33 Å². The molecule has 1 aromatic heterocycles. The molecule has 0 N–H and O–H groups in total. The van der Waals surface area contributed by atoms with Crippen LogP contribution in [0.1, 0.15) is 22.4 Å². The molecule has 0 aliphatic carbocycles. The predicted molar refractivity (Wildman–Crippen MR) is 62.0 cm³/mol. The minimum atomic E-state index is 0.915. The summed E-state index contributed by atoms with van der Waals surface area (Å²) in [5.74, 6) is 0. The van der Waals surface area contributed by atoms with Crippen molar-refractivity contribution in [3.8, 4) is 0 Å². The van der Waals surface area contributed by atoms with Gasteiger partial charge in [-0.15, -0.1) is 0 Å². The zero-order valence-corrected chi connectivity index (χ0v) is 9.49. The van der Waals surface area contributed by atoms with Crippen LogP contribution < -0.4 is 0 Å². The first-order valence-electron chi connectivity index (χ1n) is 5.19. The molecule has 0 bridgehead atoms. The van der Waals surface area contributed by atoms with Crippen molar-refractivity contribution < 1.29 is 0 Å². The summed E-state index contributed by atoms with van der Waals surface area (Å²) < 4.78 is 2.16. The molecule has 0 atom stereocenters. The molecule has 1 aromatic carbocycles. The van der Waals surface area contributed by atoms with Crippen molar-refractivity contribution in [1.29, 1.82) is 0 Å². The molecular weight excluding hydrogens is 184 g/mol. The Labute approximate surface area is 90.6 Å². The van der Waals surface area contributed by atoms with Gasteiger partial charge in [0, 0.05) is 18.4 Å². The van der Waals surface area contributed by atoms with Crippen LogP contribution in [0, 0.1) is 20.8 Å². The van der Waals surface area contributed by atoms with Gasteiger partial charge in [0.15, 0.2) is 0 Å².